The molecule has 0 aromatic heterocycles. The number of benzene rings is 2. The Balaban J connectivity index is 1.52. The maximum atomic E-state index is 14.9. The molecule has 3 aliphatic rings. The molecule has 3 fully saturated rings. The number of likely N-dealkylation sites (tertiary alicyclic amines) is 1. The zero-order valence-electron chi connectivity index (χ0n) is 34.9. The number of nitrogens with one attached hydrogen (secondary N) is 3. The molecule has 2 saturated carbocycles. The average Bonchev–Trinajstić information content (AvgIpc) is 4.09. The summed E-state index contributed by atoms with van der Waals surface area (Å²) in [4.78, 5) is 57.9. The van der Waals surface area contributed by atoms with Gasteiger partial charge in [-0.05, 0) is 74.7 Å². The number of carbonyl (C=O) groups excluding carboxylic acids is 4. The van der Waals surface area contributed by atoms with Crippen molar-refractivity contribution < 1.29 is 36.8 Å². The molecule has 4 amide bonds. The maximum Gasteiger partial charge on any atom is 0.408 e. The van der Waals surface area contributed by atoms with E-state index < -0.39 is 87.7 Å². The van der Waals surface area contributed by atoms with Gasteiger partial charge >= 0.3 is 6.09 Å². The largest absolute Gasteiger partial charge is 0.444 e. The fraction of sp³-hybridized carbons (Fsp3) is 0.545. The third-order valence-corrected chi connectivity index (χ3v) is 18.2. The number of hydrogen-bond donors (Lipinski definition) is 3. The molecule has 2 aliphatic carbocycles. The minimum absolute atomic E-state index is 0.0323. The first kappa shape index (κ1) is 44.8. The lowest BCUT2D eigenvalue weighted by atomic mass is 10.0. The van der Waals surface area contributed by atoms with Crippen LogP contribution >= 0.6 is 0 Å². The van der Waals surface area contributed by atoms with Gasteiger partial charge in [-0.1, -0.05) is 106 Å². The molecule has 5 unspecified atom stereocenters. The normalized spacial score (nSPS) is 22.7. The van der Waals surface area contributed by atoms with E-state index in [2.05, 4.69) is 73.6 Å². The van der Waals surface area contributed by atoms with Crippen molar-refractivity contribution in [3.63, 3.8) is 0 Å². The summed E-state index contributed by atoms with van der Waals surface area (Å²) in [5.74, 6) is -2.43. The SMILES string of the molecule is C=CCCCCCC(NC(=O)OC(C)(C)C)C(=O)N1CC(O[Si](c2ccccc2)(c2ccccc2)C(C)(C)C)CC1C(=O)NC1(C(=O)NS(=O)(=O)C2CC2)CC1C=C. The fourth-order valence-electron chi connectivity index (χ4n) is 8.06. The van der Waals surface area contributed by atoms with E-state index in [1.165, 1.54) is 11.0 Å². The molecule has 316 valence electrons. The van der Waals surface area contributed by atoms with Crippen molar-refractivity contribution in [2.45, 2.75) is 139 Å². The van der Waals surface area contributed by atoms with Crippen LogP contribution in [0.2, 0.25) is 5.04 Å². The second kappa shape index (κ2) is 17.9. The van der Waals surface area contributed by atoms with Gasteiger partial charge in [-0.3, -0.25) is 19.1 Å². The van der Waals surface area contributed by atoms with Gasteiger partial charge in [0.15, 0.2) is 0 Å². The molecule has 1 saturated heterocycles. The first-order valence-corrected chi connectivity index (χ1v) is 23.9. The van der Waals surface area contributed by atoms with Gasteiger partial charge in [0, 0.05) is 18.9 Å². The molecule has 5 atom stereocenters. The van der Waals surface area contributed by atoms with Crippen LogP contribution in [-0.4, -0.2) is 86.6 Å². The van der Waals surface area contributed by atoms with E-state index in [4.69, 9.17) is 9.16 Å². The number of alkyl carbamates (subject to hydrolysis) is 1. The highest BCUT2D eigenvalue weighted by Gasteiger charge is 2.62. The van der Waals surface area contributed by atoms with Gasteiger partial charge < -0.3 is 24.7 Å². The number of rotatable bonds is 18. The zero-order valence-corrected chi connectivity index (χ0v) is 36.7. The van der Waals surface area contributed by atoms with Crippen LogP contribution in [0.5, 0.6) is 0 Å². The number of amides is 4. The van der Waals surface area contributed by atoms with E-state index in [0.29, 0.717) is 25.7 Å². The minimum Gasteiger partial charge on any atom is -0.444 e. The number of unbranched alkanes of at least 4 members (excludes halogenated alkanes) is 3. The third-order valence-electron chi connectivity index (χ3n) is 11.2. The number of ether oxygens (including phenoxy) is 1. The fourth-order valence-corrected chi connectivity index (χ4v) is 14.1. The molecule has 0 radical (unpaired) electrons. The average molecular weight is 835 g/mol. The van der Waals surface area contributed by atoms with Crippen LogP contribution in [-0.2, 0) is 33.6 Å². The van der Waals surface area contributed by atoms with E-state index in [1.807, 2.05) is 42.5 Å². The van der Waals surface area contributed by atoms with Crippen LogP contribution in [0.15, 0.2) is 86.0 Å². The van der Waals surface area contributed by atoms with Gasteiger partial charge in [-0.15, -0.1) is 13.2 Å². The van der Waals surface area contributed by atoms with E-state index >= 15 is 0 Å². The lowest BCUT2D eigenvalue weighted by Gasteiger charge is -2.44. The predicted octanol–water partition coefficient (Wildman–Crippen LogP) is 5.23. The van der Waals surface area contributed by atoms with Crippen molar-refractivity contribution in [2.75, 3.05) is 6.54 Å². The van der Waals surface area contributed by atoms with Gasteiger partial charge in [0.1, 0.15) is 23.2 Å². The number of sulfonamides is 1. The van der Waals surface area contributed by atoms with Crippen LogP contribution < -0.4 is 25.7 Å². The highest BCUT2D eigenvalue weighted by atomic mass is 32.2. The van der Waals surface area contributed by atoms with Crippen molar-refractivity contribution >= 4 is 52.5 Å². The Morgan fingerprint density at radius 1 is 0.931 bits per heavy atom. The molecule has 14 heteroatoms. The number of nitrogens with zero attached hydrogens (tertiary/aromatic N) is 1. The number of carbonyl (C=O) groups is 4. The van der Waals surface area contributed by atoms with Crippen molar-refractivity contribution in [1.29, 1.82) is 0 Å². The summed E-state index contributed by atoms with van der Waals surface area (Å²) in [5, 5.41) is 6.70. The first-order chi connectivity index (χ1) is 27.3. The quantitative estimate of drug-likeness (QED) is 0.105. The van der Waals surface area contributed by atoms with Crippen LogP contribution in [0.4, 0.5) is 4.79 Å². The second-order valence-electron chi connectivity index (χ2n) is 18.0. The Labute approximate surface area is 345 Å². The number of allylic oxidation sites excluding steroid dienone is 1. The van der Waals surface area contributed by atoms with Gasteiger partial charge in [-0.25, -0.2) is 13.2 Å². The summed E-state index contributed by atoms with van der Waals surface area (Å²) in [6.45, 7) is 19.3. The number of hydrogen-bond acceptors (Lipinski definition) is 8. The summed E-state index contributed by atoms with van der Waals surface area (Å²) in [6, 6.07) is 18.0. The Morgan fingerprint density at radius 2 is 1.53 bits per heavy atom. The molecule has 2 aromatic rings. The smallest absolute Gasteiger partial charge is 0.408 e. The van der Waals surface area contributed by atoms with E-state index in [1.54, 1.807) is 20.8 Å². The van der Waals surface area contributed by atoms with Crippen molar-refractivity contribution in [1.82, 2.24) is 20.3 Å². The monoisotopic (exact) mass is 834 g/mol. The summed E-state index contributed by atoms with van der Waals surface area (Å²) < 4.78 is 40.9. The van der Waals surface area contributed by atoms with Crippen molar-refractivity contribution in [2.24, 2.45) is 5.92 Å². The Kier molecular flexibility index (Phi) is 13.8. The molecule has 12 nitrogen and oxygen atoms in total. The maximum absolute atomic E-state index is 14.9. The molecule has 0 spiro atoms. The lowest BCUT2D eigenvalue weighted by Crippen LogP contribution is -2.67. The standard InChI is InChI=1S/C44H62N4O8SSi/c1-9-11-12-13-20-25-36(45-41(52)55-42(3,4)5)39(50)48-30-32(56-58(43(6,7)8,34-21-16-14-17-22-34)35-23-18-15-19-24-35)28-37(48)38(49)46-44(29-31(44)10-2)40(51)47-57(53,54)33-26-27-33/h9-10,14-19,21-24,31-33,36-37H,1-2,11-13,20,25-30H2,3-8H3,(H,45,52)(H,46,49)(H,47,51). The summed E-state index contributed by atoms with van der Waals surface area (Å²) in [6.07, 6.45) is 6.55. The third kappa shape index (κ3) is 10.3. The van der Waals surface area contributed by atoms with Gasteiger partial charge in [0.2, 0.25) is 21.8 Å². The van der Waals surface area contributed by atoms with Gasteiger partial charge in [0.05, 0.1) is 11.4 Å². The molecule has 1 aliphatic heterocycles. The second-order valence-corrected chi connectivity index (χ2v) is 24.2. The molecule has 58 heavy (non-hydrogen) atoms. The molecular formula is C44H62N4O8SSi. The van der Waals surface area contributed by atoms with E-state index in [0.717, 1.165) is 29.6 Å². The van der Waals surface area contributed by atoms with Crippen molar-refractivity contribution in [3.05, 3.63) is 86.0 Å². The summed E-state index contributed by atoms with van der Waals surface area (Å²) in [5.41, 5.74) is -2.37. The lowest BCUT2D eigenvalue weighted by molar-refractivity contribution is -0.141. The Bertz CT molecular complexity index is 1890. The molecule has 0 bridgehead atoms. The van der Waals surface area contributed by atoms with Crippen LogP contribution in [0.1, 0.15) is 99.3 Å². The first-order valence-electron chi connectivity index (χ1n) is 20.5. The summed E-state index contributed by atoms with van der Waals surface area (Å²) in [7, 11) is -7.08. The van der Waals surface area contributed by atoms with E-state index in [9.17, 15) is 27.6 Å². The molecule has 1 heterocycles. The van der Waals surface area contributed by atoms with Crippen molar-refractivity contribution in [3.8, 4) is 0 Å². The van der Waals surface area contributed by atoms with E-state index in [-0.39, 0.29) is 19.4 Å². The predicted molar refractivity (Wildman–Crippen MR) is 228 cm³/mol. The molecule has 3 N–H and O–H groups in total. The van der Waals surface area contributed by atoms with Crippen LogP contribution in [0.25, 0.3) is 0 Å². The van der Waals surface area contributed by atoms with Gasteiger partial charge in [0.25, 0.3) is 14.2 Å². The zero-order chi connectivity index (χ0) is 42.5. The van der Waals surface area contributed by atoms with Crippen LogP contribution in [0.3, 0.4) is 0 Å². The molecule has 5 rings (SSSR count). The highest BCUT2D eigenvalue weighted by Crippen LogP contribution is 2.46. The Morgan fingerprint density at radius 3 is 2.03 bits per heavy atom. The van der Waals surface area contributed by atoms with Gasteiger partial charge in [-0.2, -0.15) is 0 Å². The Hall–Kier alpha value is -4.27. The summed E-state index contributed by atoms with van der Waals surface area (Å²) >= 11 is 0. The molecule has 2 aromatic carbocycles. The minimum atomic E-state index is -3.91. The highest BCUT2D eigenvalue weighted by molar-refractivity contribution is 7.91. The molecular weight excluding hydrogens is 773 g/mol. The van der Waals surface area contributed by atoms with Crippen LogP contribution in [0, 0.1) is 5.92 Å². The topological polar surface area (TPSA) is 160 Å².